The SMILES string of the molecule is CNc1ncc(C(=O)NC(C)c2ccccc2)cc1Cl. The van der Waals surface area contributed by atoms with E-state index >= 15 is 0 Å². The first kappa shape index (κ1) is 14.3. The Bertz CT molecular complexity index is 601. The molecule has 1 aromatic carbocycles. The molecule has 104 valence electrons. The highest BCUT2D eigenvalue weighted by Gasteiger charge is 2.13. The van der Waals surface area contributed by atoms with Gasteiger partial charge in [0.1, 0.15) is 5.82 Å². The zero-order valence-electron chi connectivity index (χ0n) is 11.4. The van der Waals surface area contributed by atoms with E-state index in [0.29, 0.717) is 16.4 Å². The van der Waals surface area contributed by atoms with Crippen molar-refractivity contribution >= 4 is 23.3 Å². The average Bonchev–Trinajstić information content (AvgIpc) is 2.48. The molecule has 0 fully saturated rings. The second-order valence-corrected chi connectivity index (χ2v) is 4.82. The molecule has 1 aromatic heterocycles. The number of anilines is 1. The van der Waals surface area contributed by atoms with Gasteiger partial charge in [0.2, 0.25) is 0 Å². The summed E-state index contributed by atoms with van der Waals surface area (Å²) in [5.41, 5.74) is 1.49. The van der Waals surface area contributed by atoms with E-state index in [2.05, 4.69) is 15.6 Å². The van der Waals surface area contributed by atoms with Crippen molar-refractivity contribution in [2.45, 2.75) is 13.0 Å². The first-order valence-corrected chi connectivity index (χ1v) is 6.68. The summed E-state index contributed by atoms with van der Waals surface area (Å²) in [5.74, 6) is 0.359. The van der Waals surface area contributed by atoms with Gasteiger partial charge in [-0.25, -0.2) is 4.98 Å². The van der Waals surface area contributed by atoms with E-state index in [9.17, 15) is 4.79 Å². The lowest BCUT2D eigenvalue weighted by Gasteiger charge is -2.14. The number of carbonyl (C=O) groups is 1. The topological polar surface area (TPSA) is 54.0 Å². The van der Waals surface area contributed by atoms with Crippen LogP contribution in [0.4, 0.5) is 5.82 Å². The fourth-order valence-electron chi connectivity index (χ4n) is 1.85. The summed E-state index contributed by atoms with van der Waals surface area (Å²) in [6.07, 6.45) is 1.50. The number of benzene rings is 1. The van der Waals surface area contributed by atoms with Crippen LogP contribution in [0.25, 0.3) is 0 Å². The van der Waals surface area contributed by atoms with Gasteiger partial charge >= 0.3 is 0 Å². The number of rotatable bonds is 4. The van der Waals surface area contributed by atoms with Crippen molar-refractivity contribution in [1.29, 1.82) is 0 Å². The summed E-state index contributed by atoms with van der Waals surface area (Å²) in [6.45, 7) is 1.93. The van der Waals surface area contributed by atoms with Crippen LogP contribution in [0.1, 0.15) is 28.9 Å². The van der Waals surface area contributed by atoms with Gasteiger partial charge in [0, 0.05) is 13.2 Å². The van der Waals surface area contributed by atoms with Crippen molar-refractivity contribution in [3.05, 3.63) is 58.7 Å². The second-order valence-electron chi connectivity index (χ2n) is 4.41. The minimum atomic E-state index is -0.196. The zero-order chi connectivity index (χ0) is 14.5. The molecule has 20 heavy (non-hydrogen) atoms. The zero-order valence-corrected chi connectivity index (χ0v) is 12.1. The van der Waals surface area contributed by atoms with Crippen molar-refractivity contribution in [1.82, 2.24) is 10.3 Å². The van der Waals surface area contributed by atoms with Gasteiger partial charge in [-0.2, -0.15) is 0 Å². The molecule has 1 atom stereocenters. The monoisotopic (exact) mass is 289 g/mol. The number of aromatic nitrogens is 1. The van der Waals surface area contributed by atoms with E-state index in [1.165, 1.54) is 6.20 Å². The van der Waals surface area contributed by atoms with E-state index in [4.69, 9.17) is 11.6 Å². The van der Waals surface area contributed by atoms with Gasteiger partial charge in [0.15, 0.2) is 0 Å². The van der Waals surface area contributed by atoms with E-state index in [0.717, 1.165) is 5.56 Å². The Morgan fingerprint density at radius 2 is 2.00 bits per heavy atom. The van der Waals surface area contributed by atoms with Crippen LogP contribution in [0.2, 0.25) is 5.02 Å². The second kappa shape index (κ2) is 6.39. The molecule has 0 saturated heterocycles. The number of nitrogens with zero attached hydrogens (tertiary/aromatic N) is 1. The van der Waals surface area contributed by atoms with Crippen LogP contribution in [0.5, 0.6) is 0 Å². The fourth-order valence-corrected chi connectivity index (χ4v) is 2.11. The van der Waals surface area contributed by atoms with Gasteiger partial charge < -0.3 is 10.6 Å². The molecule has 0 aliphatic heterocycles. The molecule has 1 amide bonds. The van der Waals surface area contributed by atoms with Gasteiger partial charge in [0.05, 0.1) is 16.6 Å². The van der Waals surface area contributed by atoms with Crippen LogP contribution < -0.4 is 10.6 Å². The van der Waals surface area contributed by atoms with E-state index in [-0.39, 0.29) is 11.9 Å². The van der Waals surface area contributed by atoms with Crippen LogP contribution in [0.15, 0.2) is 42.6 Å². The first-order chi connectivity index (χ1) is 9.61. The van der Waals surface area contributed by atoms with Crippen LogP contribution in [0, 0.1) is 0 Å². The number of amides is 1. The highest BCUT2D eigenvalue weighted by Crippen LogP contribution is 2.20. The number of carbonyl (C=O) groups excluding carboxylic acids is 1. The van der Waals surface area contributed by atoms with Crippen LogP contribution >= 0.6 is 11.6 Å². The van der Waals surface area contributed by atoms with E-state index in [1.54, 1.807) is 13.1 Å². The van der Waals surface area contributed by atoms with Crippen molar-refractivity contribution in [3.8, 4) is 0 Å². The quantitative estimate of drug-likeness (QED) is 0.908. The van der Waals surface area contributed by atoms with Crippen molar-refractivity contribution < 1.29 is 4.79 Å². The molecular weight excluding hydrogens is 274 g/mol. The van der Waals surface area contributed by atoms with Crippen LogP contribution in [-0.4, -0.2) is 17.9 Å². The van der Waals surface area contributed by atoms with Crippen LogP contribution in [0.3, 0.4) is 0 Å². The van der Waals surface area contributed by atoms with Crippen molar-refractivity contribution in [3.63, 3.8) is 0 Å². The predicted molar refractivity (Wildman–Crippen MR) is 81.1 cm³/mol. The number of hydrogen-bond acceptors (Lipinski definition) is 3. The highest BCUT2D eigenvalue weighted by atomic mass is 35.5. The maximum absolute atomic E-state index is 12.2. The average molecular weight is 290 g/mol. The minimum Gasteiger partial charge on any atom is -0.372 e. The maximum atomic E-state index is 12.2. The van der Waals surface area contributed by atoms with E-state index in [1.807, 2.05) is 37.3 Å². The lowest BCUT2D eigenvalue weighted by molar-refractivity contribution is 0.0939. The standard InChI is InChI=1S/C15H16ClN3O/c1-10(11-6-4-3-5-7-11)19-15(20)12-8-13(16)14(17-2)18-9-12/h3-10H,1-2H3,(H,17,18)(H,19,20). The molecule has 0 radical (unpaired) electrons. The molecule has 0 aliphatic carbocycles. The largest absolute Gasteiger partial charge is 0.372 e. The third-order valence-electron chi connectivity index (χ3n) is 2.99. The summed E-state index contributed by atoms with van der Waals surface area (Å²) in [5, 5.41) is 6.20. The molecule has 4 nitrogen and oxygen atoms in total. The normalized spacial score (nSPS) is 11.8. The van der Waals surface area contributed by atoms with Crippen molar-refractivity contribution in [2.75, 3.05) is 12.4 Å². The van der Waals surface area contributed by atoms with Gasteiger partial charge in [0.25, 0.3) is 5.91 Å². The summed E-state index contributed by atoms with van der Waals surface area (Å²) < 4.78 is 0. The number of pyridine rings is 1. The Balaban J connectivity index is 2.10. The fraction of sp³-hybridized carbons (Fsp3) is 0.200. The Labute approximate surface area is 123 Å². The van der Waals surface area contributed by atoms with Gasteiger partial charge in [-0.1, -0.05) is 41.9 Å². The summed E-state index contributed by atoms with van der Waals surface area (Å²) in [6, 6.07) is 11.3. The van der Waals surface area contributed by atoms with Gasteiger partial charge in [-0.15, -0.1) is 0 Å². The predicted octanol–water partition coefficient (Wildman–Crippen LogP) is 3.27. The molecule has 1 heterocycles. The Kier molecular flexibility index (Phi) is 4.58. The van der Waals surface area contributed by atoms with Gasteiger partial charge in [-0.3, -0.25) is 4.79 Å². The molecule has 0 aliphatic rings. The Hall–Kier alpha value is -2.07. The third-order valence-corrected chi connectivity index (χ3v) is 3.28. The highest BCUT2D eigenvalue weighted by molar-refractivity contribution is 6.33. The number of nitrogens with one attached hydrogen (secondary N) is 2. The smallest absolute Gasteiger partial charge is 0.253 e. The molecule has 2 rings (SSSR count). The number of halogens is 1. The molecule has 1 unspecified atom stereocenters. The summed E-state index contributed by atoms with van der Waals surface area (Å²) >= 11 is 6.02. The summed E-state index contributed by atoms with van der Waals surface area (Å²) in [7, 11) is 1.73. The summed E-state index contributed by atoms with van der Waals surface area (Å²) in [4.78, 5) is 16.2. The van der Waals surface area contributed by atoms with Crippen molar-refractivity contribution in [2.24, 2.45) is 0 Å². The molecule has 0 bridgehead atoms. The molecule has 5 heteroatoms. The molecule has 2 aromatic rings. The van der Waals surface area contributed by atoms with Crippen LogP contribution in [-0.2, 0) is 0 Å². The molecular formula is C15H16ClN3O. The maximum Gasteiger partial charge on any atom is 0.253 e. The van der Waals surface area contributed by atoms with E-state index < -0.39 is 0 Å². The Morgan fingerprint density at radius 3 is 2.60 bits per heavy atom. The molecule has 0 spiro atoms. The first-order valence-electron chi connectivity index (χ1n) is 6.31. The lowest BCUT2D eigenvalue weighted by atomic mass is 10.1. The molecule has 0 saturated carbocycles. The molecule has 2 N–H and O–H groups in total. The lowest BCUT2D eigenvalue weighted by Crippen LogP contribution is -2.26. The Morgan fingerprint density at radius 1 is 1.30 bits per heavy atom. The third kappa shape index (κ3) is 3.27. The minimum absolute atomic E-state index is 0.0774. The van der Waals surface area contributed by atoms with Gasteiger partial charge in [-0.05, 0) is 18.6 Å². The number of hydrogen-bond donors (Lipinski definition) is 2.